The fraction of sp³-hybridized carbons (Fsp3) is 0.727. The average molecular weight is 342 g/mol. The van der Waals surface area contributed by atoms with Crippen LogP contribution in [0.4, 0.5) is 13.2 Å². The fourth-order valence-electron chi connectivity index (χ4n) is 1.50. The highest BCUT2D eigenvalue weighted by Crippen LogP contribution is 2.20. The third kappa shape index (κ3) is 6.10. The van der Waals surface area contributed by atoms with Gasteiger partial charge in [-0.25, -0.2) is 9.89 Å². The van der Waals surface area contributed by atoms with Gasteiger partial charge in [-0.2, -0.15) is 13.2 Å². The van der Waals surface area contributed by atoms with Gasteiger partial charge in [0.1, 0.15) is 6.54 Å². The molecular weight excluding hydrogens is 325 g/mol. The molecule has 0 fully saturated rings. The van der Waals surface area contributed by atoms with Gasteiger partial charge in [0, 0.05) is 20.3 Å². The number of H-pyrrole nitrogens is 1. The summed E-state index contributed by atoms with van der Waals surface area (Å²) in [5.74, 6) is -0.777. The minimum atomic E-state index is -4.46. The minimum absolute atomic E-state index is 0.246. The Kier molecular flexibility index (Phi) is 6.94. The molecule has 1 aromatic rings. The number of methoxy groups -OCH3 is 1. The summed E-state index contributed by atoms with van der Waals surface area (Å²) in [6.45, 7) is 0.832. The lowest BCUT2D eigenvalue weighted by Crippen LogP contribution is -2.38. The molecule has 1 atom stereocenters. The van der Waals surface area contributed by atoms with Gasteiger partial charge in [0.2, 0.25) is 5.91 Å². The summed E-state index contributed by atoms with van der Waals surface area (Å²) < 4.78 is 42.3. The quantitative estimate of drug-likeness (QED) is 0.538. The van der Waals surface area contributed by atoms with Crippen LogP contribution in [0.25, 0.3) is 0 Å². The van der Waals surface area contributed by atoms with Crippen LogP contribution in [0.5, 0.6) is 0 Å². The lowest BCUT2D eigenvalue weighted by molar-refractivity contribution is -0.137. The minimum Gasteiger partial charge on any atom is -0.385 e. The van der Waals surface area contributed by atoms with Crippen LogP contribution in [0.2, 0.25) is 0 Å². The topological polar surface area (TPSA) is 89.0 Å². The standard InChI is InChI=1S/C11H17F3N4O3S/c1-7(8(19)15-6-11(12,13)14)22-10-17-16-9(20)18(10)4-3-5-21-2/h7H,3-6H2,1-2H3,(H,15,19)(H,16,20). The predicted molar refractivity (Wildman–Crippen MR) is 73.7 cm³/mol. The second kappa shape index (κ2) is 8.22. The molecule has 0 spiro atoms. The second-order valence-electron chi connectivity index (χ2n) is 4.40. The molecule has 0 saturated carbocycles. The van der Waals surface area contributed by atoms with Crippen LogP contribution in [0, 0.1) is 0 Å². The SMILES string of the molecule is COCCCn1c(SC(C)C(=O)NCC(F)(F)F)n[nH]c1=O. The third-order valence-electron chi connectivity index (χ3n) is 2.57. The van der Waals surface area contributed by atoms with Crippen LogP contribution in [-0.2, 0) is 16.1 Å². The fourth-order valence-corrected chi connectivity index (χ4v) is 2.41. The van der Waals surface area contributed by atoms with E-state index in [4.69, 9.17) is 4.74 Å². The van der Waals surface area contributed by atoms with Crippen LogP contribution in [-0.4, -0.2) is 52.4 Å². The maximum atomic E-state index is 12.1. The summed E-state index contributed by atoms with van der Waals surface area (Å²) >= 11 is 0.908. The van der Waals surface area contributed by atoms with E-state index < -0.39 is 29.6 Å². The van der Waals surface area contributed by atoms with Crippen molar-refractivity contribution < 1.29 is 22.7 Å². The molecule has 2 N–H and O–H groups in total. The van der Waals surface area contributed by atoms with Crippen molar-refractivity contribution in [2.45, 2.75) is 36.5 Å². The van der Waals surface area contributed by atoms with Crippen molar-refractivity contribution in [1.29, 1.82) is 0 Å². The van der Waals surface area contributed by atoms with E-state index in [-0.39, 0.29) is 5.16 Å². The maximum absolute atomic E-state index is 12.1. The Labute approximate surface area is 128 Å². The van der Waals surface area contributed by atoms with Crippen LogP contribution < -0.4 is 11.0 Å². The number of nitrogens with zero attached hydrogens (tertiary/aromatic N) is 2. The molecule has 1 aromatic heterocycles. The second-order valence-corrected chi connectivity index (χ2v) is 5.71. The monoisotopic (exact) mass is 342 g/mol. The highest BCUT2D eigenvalue weighted by Gasteiger charge is 2.29. The van der Waals surface area contributed by atoms with Gasteiger partial charge in [-0.05, 0) is 13.3 Å². The molecule has 1 amide bonds. The zero-order valence-electron chi connectivity index (χ0n) is 12.1. The largest absolute Gasteiger partial charge is 0.405 e. The number of hydrogen-bond donors (Lipinski definition) is 2. The number of aromatic nitrogens is 3. The molecule has 126 valence electrons. The molecule has 0 aliphatic heterocycles. The van der Waals surface area contributed by atoms with Gasteiger partial charge in [-0.1, -0.05) is 11.8 Å². The third-order valence-corrected chi connectivity index (χ3v) is 3.66. The number of carbonyl (C=O) groups excluding carboxylic acids is 1. The summed E-state index contributed by atoms with van der Waals surface area (Å²) in [6.07, 6.45) is -3.90. The maximum Gasteiger partial charge on any atom is 0.405 e. The van der Waals surface area contributed by atoms with Crippen molar-refractivity contribution in [3.63, 3.8) is 0 Å². The van der Waals surface area contributed by atoms with Crippen LogP contribution in [0.1, 0.15) is 13.3 Å². The summed E-state index contributed by atoms with van der Waals surface area (Å²) in [5.41, 5.74) is -0.443. The lowest BCUT2D eigenvalue weighted by Gasteiger charge is -2.13. The van der Waals surface area contributed by atoms with Gasteiger partial charge in [0.05, 0.1) is 5.25 Å². The molecule has 1 rings (SSSR count). The van der Waals surface area contributed by atoms with Crippen molar-refractivity contribution >= 4 is 17.7 Å². The number of hydrogen-bond acceptors (Lipinski definition) is 5. The van der Waals surface area contributed by atoms with Gasteiger partial charge >= 0.3 is 11.9 Å². The number of aromatic amines is 1. The molecule has 0 aliphatic carbocycles. The van der Waals surface area contributed by atoms with Gasteiger partial charge in [-0.15, -0.1) is 5.10 Å². The van der Waals surface area contributed by atoms with Gasteiger partial charge in [0.25, 0.3) is 0 Å². The van der Waals surface area contributed by atoms with Crippen molar-refractivity contribution in [2.75, 3.05) is 20.3 Å². The number of amides is 1. The molecular formula is C11H17F3N4O3S. The Balaban J connectivity index is 2.62. The Hall–Kier alpha value is -1.49. The molecule has 11 heteroatoms. The summed E-state index contributed by atoms with van der Waals surface area (Å²) in [4.78, 5) is 23.2. The first-order valence-electron chi connectivity index (χ1n) is 6.40. The number of ether oxygens (including phenoxy) is 1. The normalized spacial score (nSPS) is 13.1. The van der Waals surface area contributed by atoms with Gasteiger partial charge in [0.15, 0.2) is 5.16 Å². The lowest BCUT2D eigenvalue weighted by atomic mass is 10.4. The molecule has 1 unspecified atom stereocenters. The van der Waals surface area contributed by atoms with Crippen LogP contribution in [0.15, 0.2) is 9.95 Å². The van der Waals surface area contributed by atoms with Crippen LogP contribution >= 0.6 is 11.8 Å². The van der Waals surface area contributed by atoms with E-state index in [0.717, 1.165) is 11.8 Å². The molecule has 7 nitrogen and oxygen atoms in total. The smallest absolute Gasteiger partial charge is 0.385 e. The Morgan fingerprint density at radius 3 is 2.82 bits per heavy atom. The van der Waals surface area contributed by atoms with E-state index >= 15 is 0 Å². The Morgan fingerprint density at radius 2 is 2.23 bits per heavy atom. The highest BCUT2D eigenvalue weighted by atomic mass is 32.2. The van der Waals surface area contributed by atoms with Gasteiger partial charge in [-0.3, -0.25) is 9.36 Å². The molecule has 0 aromatic carbocycles. The van der Waals surface area contributed by atoms with E-state index in [2.05, 4.69) is 10.2 Å². The summed E-state index contributed by atoms with van der Waals surface area (Å²) in [5, 5.41) is 7.24. The van der Waals surface area contributed by atoms with E-state index in [0.29, 0.717) is 19.6 Å². The number of nitrogens with one attached hydrogen (secondary N) is 2. The zero-order valence-corrected chi connectivity index (χ0v) is 12.9. The van der Waals surface area contributed by atoms with E-state index in [1.807, 2.05) is 0 Å². The first kappa shape index (κ1) is 18.6. The number of rotatable bonds is 8. The Morgan fingerprint density at radius 1 is 1.55 bits per heavy atom. The van der Waals surface area contributed by atoms with Crippen LogP contribution in [0.3, 0.4) is 0 Å². The van der Waals surface area contributed by atoms with Crippen molar-refractivity contribution in [3.8, 4) is 0 Å². The number of carbonyl (C=O) groups is 1. The molecule has 0 saturated heterocycles. The molecule has 0 aliphatic rings. The molecule has 0 bridgehead atoms. The first-order chi connectivity index (χ1) is 10.2. The summed E-state index contributed by atoms with van der Waals surface area (Å²) in [7, 11) is 1.53. The first-order valence-corrected chi connectivity index (χ1v) is 7.28. The molecule has 0 radical (unpaired) electrons. The highest BCUT2D eigenvalue weighted by molar-refractivity contribution is 8.00. The van der Waals surface area contributed by atoms with E-state index in [1.165, 1.54) is 18.6 Å². The number of alkyl halides is 3. The van der Waals surface area contributed by atoms with E-state index in [1.54, 1.807) is 5.32 Å². The molecule has 1 heterocycles. The summed E-state index contributed by atoms with van der Waals surface area (Å²) in [6, 6.07) is 0. The number of halogens is 3. The van der Waals surface area contributed by atoms with Crippen molar-refractivity contribution in [3.05, 3.63) is 10.5 Å². The average Bonchev–Trinajstić information content (AvgIpc) is 2.77. The van der Waals surface area contributed by atoms with Gasteiger partial charge < -0.3 is 10.1 Å². The predicted octanol–water partition coefficient (Wildman–Crippen LogP) is 0.767. The number of thioether (sulfide) groups is 1. The van der Waals surface area contributed by atoms with E-state index in [9.17, 15) is 22.8 Å². The van der Waals surface area contributed by atoms with Crippen molar-refractivity contribution in [1.82, 2.24) is 20.1 Å². The van der Waals surface area contributed by atoms with Crippen molar-refractivity contribution in [2.24, 2.45) is 0 Å². The molecule has 22 heavy (non-hydrogen) atoms. The Bertz CT molecular complexity index is 543. The zero-order chi connectivity index (χ0) is 16.8.